The lowest BCUT2D eigenvalue weighted by Crippen LogP contribution is -2.51. The molecule has 1 aromatic carbocycles. The first-order valence-corrected chi connectivity index (χ1v) is 10.4. The minimum Gasteiger partial charge on any atom is -0.381 e. The molecule has 3 rings (SSSR count). The summed E-state index contributed by atoms with van der Waals surface area (Å²) >= 11 is 0. The lowest BCUT2D eigenvalue weighted by atomic mass is 10.1. The maximum absolute atomic E-state index is 13.0. The van der Waals surface area contributed by atoms with Gasteiger partial charge < -0.3 is 9.64 Å². The van der Waals surface area contributed by atoms with E-state index < -0.39 is 15.3 Å². The molecule has 0 N–H and O–H groups in total. The summed E-state index contributed by atoms with van der Waals surface area (Å²) in [7, 11) is -1.71. The summed E-state index contributed by atoms with van der Waals surface area (Å²) in [5, 5.41) is -0.506. The van der Waals surface area contributed by atoms with Gasteiger partial charge in [-0.2, -0.15) is 0 Å². The van der Waals surface area contributed by atoms with Gasteiger partial charge in [0.25, 0.3) is 5.91 Å². The van der Waals surface area contributed by atoms with Crippen molar-refractivity contribution in [1.29, 1.82) is 0 Å². The van der Waals surface area contributed by atoms with Crippen LogP contribution < -0.4 is 0 Å². The smallest absolute Gasteiger partial charge is 0.253 e. The van der Waals surface area contributed by atoms with E-state index in [0.29, 0.717) is 31.6 Å². The molecule has 2 heterocycles. The first kappa shape index (κ1) is 18.4. The summed E-state index contributed by atoms with van der Waals surface area (Å²) in [5.74, 6) is -0.0846. The molecule has 1 atom stereocenters. The lowest BCUT2D eigenvalue weighted by Gasteiger charge is -2.37. The number of piperidine rings is 2. The molecule has 0 saturated carbocycles. The van der Waals surface area contributed by atoms with Crippen molar-refractivity contribution in [3.63, 3.8) is 0 Å². The van der Waals surface area contributed by atoms with Crippen LogP contribution in [-0.4, -0.2) is 68.2 Å². The molecule has 0 aromatic heterocycles. The molecule has 2 aliphatic rings. The third kappa shape index (κ3) is 4.04. The van der Waals surface area contributed by atoms with Crippen LogP contribution in [0.25, 0.3) is 0 Å². The van der Waals surface area contributed by atoms with Crippen molar-refractivity contribution in [3.05, 3.63) is 35.9 Å². The Morgan fingerprint density at radius 1 is 1.08 bits per heavy atom. The van der Waals surface area contributed by atoms with Crippen LogP contribution in [0.5, 0.6) is 0 Å². The van der Waals surface area contributed by atoms with Crippen molar-refractivity contribution in [1.82, 2.24) is 9.21 Å². The summed E-state index contributed by atoms with van der Waals surface area (Å²) in [4.78, 5) is 14.3. The van der Waals surface area contributed by atoms with Crippen molar-refractivity contribution < 1.29 is 17.9 Å². The summed E-state index contributed by atoms with van der Waals surface area (Å²) in [5.41, 5.74) is 0.612. The molecule has 1 aromatic rings. The van der Waals surface area contributed by atoms with Gasteiger partial charge in [0.05, 0.1) is 11.4 Å². The molecule has 0 aliphatic carbocycles. The predicted octanol–water partition coefficient (Wildman–Crippen LogP) is 1.73. The number of carbonyl (C=O) groups excluding carboxylic acids is 1. The number of sulfonamides is 1. The van der Waals surface area contributed by atoms with E-state index in [0.717, 1.165) is 19.3 Å². The highest BCUT2D eigenvalue weighted by Crippen LogP contribution is 2.25. The van der Waals surface area contributed by atoms with Crippen LogP contribution in [-0.2, 0) is 14.8 Å². The first-order chi connectivity index (χ1) is 12.0. The van der Waals surface area contributed by atoms with Crippen LogP contribution in [0, 0.1) is 0 Å². The Labute approximate surface area is 149 Å². The van der Waals surface area contributed by atoms with Crippen LogP contribution in [0.2, 0.25) is 0 Å². The number of methoxy groups -OCH3 is 1. The maximum Gasteiger partial charge on any atom is 0.253 e. The zero-order chi connectivity index (χ0) is 17.9. The number of ether oxygens (including phenoxy) is 1. The van der Waals surface area contributed by atoms with Crippen molar-refractivity contribution in [2.24, 2.45) is 0 Å². The molecule has 6 nitrogen and oxygen atoms in total. The fourth-order valence-corrected chi connectivity index (χ4v) is 5.64. The van der Waals surface area contributed by atoms with E-state index in [1.54, 1.807) is 28.4 Å². The second-order valence-corrected chi connectivity index (χ2v) is 8.97. The van der Waals surface area contributed by atoms with E-state index >= 15 is 0 Å². The number of carbonyl (C=O) groups is 1. The summed E-state index contributed by atoms with van der Waals surface area (Å²) in [6.45, 7) is 1.90. The first-order valence-electron chi connectivity index (χ1n) is 8.88. The number of rotatable bonds is 4. The predicted molar refractivity (Wildman–Crippen MR) is 95.9 cm³/mol. The molecular weight excluding hydrogens is 340 g/mol. The number of likely N-dealkylation sites (tertiary alicyclic amines) is 1. The molecule has 1 amide bonds. The molecule has 2 fully saturated rings. The van der Waals surface area contributed by atoms with Crippen molar-refractivity contribution in [2.45, 2.75) is 37.0 Å². The average molecular weight is 366 g/mol. The molecule has 0 bridgehead atoms. The molecule has 25 heavy (non-hydrogen) atoms. The monoisotopic (exact) mass is 366 g/mol. The second kappa shape index (κ2) is 7.85. The highest BCUT2D eigenvalue weighted by molar-refractivity contribution is 7.89. The number of hydrogen-bond donors (Lipinski definition) is 0. The quantitative estimate of drug-likeness (QED) is 0.814. The number of nitrogens with zero attached hydrogens (tertiary/aromatic N) is 2. The second-order valence-electron chi connectivity index (χ2n) is 6.76. The van der Waals surface area contributed by atoms with Gasteiger partial charge in [0.2, 0.25) is 10.0 Å². The van der Waals surface area contributed by atoms with Crippen LogP contribution in [0.4, 0.5) is 0 Å². The van der Waals surface area contributed by atoms with Crippen molar-refractivity contribution >= 4 is 15.9 Å². The Kier molecular flexibility index (Phi) is 5.76. The van der Waals surface area contributed by atoms with Crippen LogP contribution in [0.1, 0.15) is 36.0 Å². The normalized spacial score (nSPS) is 23.6. The van der Waals surface area contributed by atoms with Gasteiger partial charge in [-0.15, -0.1) is 0 Å². The Balaban J connectivity index is 1.67. The van der Waals surface area contributed by atoms with Gasteiger partial charge in [0.15, 0.2) is 0 Å². The van der Waals surface area contributed by atoms with Gasteiger partial charge in [0, 0.05) is 38.9 Å². The fraction of sp³-hybridized carbons (Fsp3) is 0.611. The third-order valence-electron chi connectivity index (χ3n) is 5.20. The highest BCUT2D eigenvalue weighted by atomic mass is 32.2. The van der Waals surface area contributed by atoms with Crippen molar-refractivity contribution in [2.75, 3.05) is 33.3 Å². The zero-order valence-electron chi connectivity index (χ0n) is 14.6. The van der Waals surface area contributed by atoms with E-state index in [2.05, 4.69) is 0 Å². The van der Waals surface area contributed by atoms with Crippen LogP contribution >= 0.6 is 0 Å². The molecule has 138 valence electrons. The van der Waals surface area contributed by atoms with E-state index in [-0.39, 0.29) is 18.6 Å². The Hall–Kier alpha value is -1.44. The van der Waals surface area contributed by atoms with Gasteiger partial charge in [-0.25, -0.2) is 12.7 Å². The number of benzene rings is 1. The molecular formula is C18H26N2O4S. The minimum atomic E-state index is -3.38. The van der Waals surface area contributed by atoms with Gasteiger partial charge in [-0.3, -0.25) is 4.79 Å². The summed E-state index contributed by atoms with van der Waals surface area (Å²) < 4.78 is 32.9. The van der Waals surface area contributed by atoms with Gasteiger partial charge in [0.1, 0.15) is 0 Å². The van der Waals surface area contributed by atoms with Gasteiger partial charge in [-0.1, -0.05) is 18.2 Å². The Bertz CT molecular complexity index is 684. The largest absolute Gasteiger partial charge is 0.381 e. The van der Waals surface area contributed by atoms with Crippen molar-refractivity contribution in [3.8, 4) is 0 Å². The lowest BCUT2D eigenvalue weighted by molar-refractivity contribution is 0.0597. The Morgan fingerprint density at radius 3 is 2.40 bits per heavy atom. The molecule has 2 aliphatic heterocycles. The molecule has 2 saturated heterocycles. The van der Waals surface area contributed by atoms with Crippen LogP contribution in [0.3, 0.4) is 0 Å². The average Bonchev–Trinajstić information content (AvgIpc) is 2.68. The van der Waals surface area contributed by atoms with E-state index in [1.165, 1.54) is 0 Å². The van der Waals surface area contributed by atoms with E-state index in [9.17, 15) is 13.2 Å². The zero-order valence-corrected chi connectivity index (χ0v) is 15.5. The standard InChI is InChI=1S/C18H26N2O4S/c1-24-16-9-12-20(13-10-16)25(22,23)17-8-5-11-19(14-17)18(21)15-6-3-2-4-7-15/h2-4,6-7,16-17H,5,8-14H2,1H3/t17-/m1/s1. The summed E-state index contributed by atoms with van der Waals surface area (Å²) in [6, 6.07) is 9.06. The molecule has 0 spiro atoms. The molecule has 0 unspecified atom stereocenters. The summed E-state index contributed by atoms with van der Waals surface area (Å²) in [6.07, 6.45) is 2.95. The highest BCUT2D eigenvalue weighted by Gasteiger charge is 2.38. The number of amides is 1. The van der Waals surface area contributed by atoms with Gasteiger partial charge >= 0.3 is 0 Å². The minimum absolute atomic E-state index is 0.0846. The van der Waals surface area contributed by atoms with Gasteiger partial charge in [-0.05, 0) is 37.8 Å². The molecule has 0 radical (unpaired) electrons. The SMILES string of the molecule is COC1CCN(S(=O)(=O)[C@@H]2CCCN(C(=O)c3ccccc3)C2)CC1. The fourth-order valence-electron chi connectivity index (χ4n) is 3.66. The molecule has 7 heteroatoms. The maximum atomic E-state index is 13.0. The topological polar surface area (TPSA) is 66.9 Å². The third-order valence-corrected chi connectivity index (χ3v) is 7.51. The van der Waals surface area contributed by atoms with E-state index in [1.807, 2.05) is 18.2 Å². The van der Waals surface area contributed by atoms with Crippen LogP contribution in [0.15, 0.2) is 30.3 Å². The Morgan fingerprint density at radius 2 is 1.76 bits per heavy atom. The number of hydrogen-bond acceptors (Lipinski definition) is 4. The van der Waals surface area contributed by atoms with E-state index in [4.69, 9.17) is 4.74 Å².